The molecule has 0 aliphatic heterocycles. The first-order valence-corrected chi connectivity index (χ1v) is 5.67. The Labute approximate surface area is 99.1 Å². The van der Waals surface area contributed by atoms with Crippen molar-refractivity contribution >= 4 is 16.7 Å². The Morgan fingerprint density at radius 2 is 1.94 bits per heavy atom. The maximum Gasteiger partial charge on any atom is 0.339 e. The fraction of sp³-hybridized carbons (Fsp3) is 0.308. The number of hydrogen-bond acceptors (Lipinski definition) is 4. The summed E-state index contributed by atoms with van der Waals surface area (Å²) in [5.74, 6) is -0.0368. The highest BCUT2D eigenvalue weighted by Crippen LogP contribution is 2.27. The van der Waals surface area contributed by atoms with Crippen molar-refractivity contribution in [2.45, 2.75) is 13.8 Å². The predicted molar refractivity (Wildman–Crippen MR) is 67.7 cm³/mol. The van der Waals surface area contributed by atoms with Gasteiger partial charge in [0.25, 0.3) is 0 Å². The Hall–Kier alpha value is -1.97. The fourth-order valence-corrected chi connectivity index (χ4v) is 1.92. The topological polar surface area (TPSA) is 53.7 Å². The summed E-state index contributed by atoms with van der Waals surface area (Å²) in [4.78, 5) is 13.3. The molecular weight excluding hydrogens is 218 g/mol. The molecule has 1 aromatic heterocycles. The van der Waals surface area contributed by atoms with E-state index in [9.17, 15) is 9.90 Å². The molecule has 0 radical (unpaired) electrons. The van der Waals surface area contributed by atoms with Gasteiger partial charge in [0.2, 0.25) is 0 Å². The van der Waals surface area contributed by atoms with Crippen LogP contribution in [0.25, 0.3) is 11.0 Å². The largest absolute Gasteiger partial charge is 0.507 e. The van der Waals surface area contributed by atoms with Crippen molar-refractivity contribution in [3.05, 3.63) is 34.7 Å². The molecule has 4 nitrogen and oxygen atoms in total. The molecule has 0 aliphatic carbocycles. The van der Waals surface area contributed by atoms with Crippen LogP contribution in [-0.2, 0) is 0 Å². The maximum absolute atomic E-state index is 11.1. The van der Waals surface area contributed by atoms with Gasteiger partial charge in [0, 0.05) is 18.8 Å². The maximum atomic E-state index is 11.1. The zero-order valence-corrected chi connectivity index (χ0v) is 9.93. The van der Waals surface area contributed by atoms with Crippen LogP contribution in [0, 0.1) is 0 Å². The predicted octanol–water partition coefficient (Wildman–Crippen LogP) is 2.34. The molecule has 0 saturated carbocycles. The molecule has 0 fully saturated rings. The Bertz CT molecular complexity index is 585. The number of fused-ring (bicyclic) bond motifs is 1. The molecule has 0 aliphatic rings. The monoisotopic (exact) mass is 233 g/mol. The lowest BCUT2D eigenvalue weighted by atomic mass is 10.2. The van der Waals surface area contributed by atoms with Gasteiger partial charge in [-0.2, -0.15) is 0 Å². The summed E-state index contributed by atoms with van der Waals surface area (Å²) < 4.78 is 5.01. The summed E-state index contributed by atoms with van der Waals surface area (Å²) in [5.41, 5.74) is 0.878. The number of aromatic hydroxyl groups is 1. The second kappa shape index (κ2) is 4.49. The van der Waals surface area contributed by atoms with E-state index in [1.165, 1.54) is 0 Å². The molecule has 4 heteroatoms. The van der Waals surface area contributed by atoms with Gasteiger partial charge >= 0.3 is 5.63 Å². The van der Waals surface area contributed by atoms with Crippen molar-refractivity contribution in [2.24, 2.45) is 0 Å². The number of rotatable bonds is 3. The molecule has 0 spiro atoms. The highest BCUT2D eigenvalue weighted by Gasteiger charge is 2.08. The minimum atomic E-state index is -0.536. The molecule has 0 atom stereocenters. The van der Waals surface area contributed by atoms with E-state index in [1.807, 2.05) is 12.1 Å². The first-order chi connectivity index (χ1) is 8.15. The van der Waals surface area contributed by atoms with E-state index in [1.54, 1.807) is 6.07 Å². The molecule has 0 bridgehead atoms. The molecule has 1 aromatic carbocycles. The zero-order valence-electron chi connectivity index (χ0n) is 9.93. The van der Waals surface area contributed by atoms with Crippen LogP contribution in [0.2, 0.25) is 0 Å². The normalized spacial score (nSPS) is 10.7. The molecule has 0 amide bonds. The molecule has 1 N–H and O–H groups in total. The van der Waals surface area contributed by atoms with Gasteiger partial charge in [0.1, 0.15) is 11.3 Å². The summed E-state index contributed by atoms with van der Waals surface area (Å²) in [6, 6.07) is 6.52. The van der Waals surface area contributed by atoms with Gasteiger partial charge in [-0.3, -0.25) is 0 Å². The number of anilines is 1. The molecule has 0 unspecified atom stereocenters. The molecule has 0 saturated heterocycles. The average Bonchev–Trinajstić information content (AvgIpc) is 2.31. The van der Waals surface area contributed by atoms with Gasteiger partial charge in [0.05, 0.1) is 11.5 Å². The van der Waals surface area contributed by atoms with Crippen molar-refractivity contribution < 1.29 is 9.52 Å². The molecule has 2 aromatic rings. The minimum absolute atomic E-state index is 0.0368. The van der Waals surface area contributed by atoms with Crippen molar-refractivity contribution in [1.29, 1.82) is 0 Å². The van der Waals surface area contributed by atoms with E-state index in [2.05, 4.69) is 18.7 Å². The van der Waals surface area contributed by atoms with Crippen molar-refractivity contribution in [2.75, 3.05) is 18.0 Å². The Morgan fingerprint density at radius 1 is 1.24 bits per heavy atom. The first kappa shape index (κ1) is 11.5. The van der Waals surface area contributed by atoms with E-state index in [0.717, 1.165) is 24.8 Å². The number of nitrogens with zero attached hydrogens (tertiary/aromatic N) is 1. The average molecular weight is 233 g/mol. The van der Waals surface area contributed by atoms with Gasteiger partial charge in [-0.1, -0.05) is 0 Å². The van der Waals surface area contributed by atoms with Gasteiger partial charge in [-0.05, 0) is 32.0 Å². The number of benzene rings is 1. The van der Waals surface area contributed by atoms with Crippen LogP contribution < -0.4 is 10.5 Å². The van der Waals surface area contributed by atoms with E-state index in [-0.39, 0.29) is 5.75 Å². The lowest BCUT2D eigenvalue weighted by molar-refractivity contribution is 0.468. The summed E-state index contributed by atoms with van der Waals surface area (Å²) in [6.45, 7) is 5.91. The Morgan fingerprint density at radius 3 is 2.59 bits per heavy atom. The van der Waals surface area contributed by atoms with Crippen LogP contribution in [0.4, 0.5) is 5.69 Å². The lowest BCUT2D eigenvalue weighted by Gasteiger charge is -2.21. The smallest absolute Gasteiger partial charge is 0.339 e. The van der Waals surface area contributed by atoms with Crippen molar-refractivity contribution in [3.63, 3.8) is 0 Å². The minimum Gasteiger partial charge on any atom is -0.507 e. The Balaban J connectivity index is 2.61. The highest BCUT2D eigenvalue weighted by atomic mass is 16.4. The standard InChI is InChI=1S/C13H15NO3/c1-3-14(4-2)9-5-6-12-10(7-9)11(15)8-13(16)17-12/h5-8,15H,3-4H2,1-2H3. The SMILES string of the molecule is CCN(CC)c1ccc2oc(=O)cc(O)c2c1. The summed E-state index contributed by atoms with van der Waals surface area (Å²) in [5, 5.41) is 10.3. The molecule has 90 valence electrons. The van der Waals surface area contributed by atoms with Crippen LogP contribution in [0.3, 0.4) is 0 Å². The quantitative estimate of drug-likeness (QED) is 0.827. The summed E-state index contributed by atoms with van der Waals surface area (Å²) >= 11 is 0. The fourth-order valence-electron chi connectivity index (χ4n) is 1.92. The molecule has 17 heavy (non-hydrogen) atoms. The van der Waals surface area contributed by atoms with E-state index >= 15 is 0 Å². The molecule has 1 heterocycles. The number of hydrogen-bond donors (Lipinski definition) is 1. The van der Waals surface area contributed by atoms with Crippen LogP contribution in [0.1, 0.15) is 13.8 Å². The third kappa shape index (κ3) is 2.11. The highest BCUT2D eigenvalue weighted by molar-refractivity contribution is 5.86. The van der Waals surface area contributed by atoms with Gasteiger partial charge in [0.15, 0.2) is 0 Å². The summed E-state index contributed by atoms with van der Waals surface area (Å²) in [6.07, 6.45) is 0. The van der Waals surface area contributed by atoms with Crippen LogP contribution in [0.5, 0.6) is 5.75 Å². The Kier molecular flexibility index (Phi) is 3.04. The van der Waals surface area contributed by atoms with Gasteiger partial charge < -0.3 is 14.4 Å². The van der Waals surface area contributed by atoms with Crippen LogP contribution >= 0.6 is 0 Å². The second-order valence-corrected chi connectivity index (χ2v) is 3.80. The van der Waals surface area contributed by atoms with Crippen LogP contribution in [0.15, 0.2) is 33.5 Å². The molecule has 2 rings (SSSR count). The lowest BCUT2D eigenvalue weighted by Crippen LogP contribution is -2.21. The van der Waals surface area contributed by atoms with Gasteiger partial charge in [-0.15, -0.1) is 0 Å². The molecular formula is C13H15NO3. The zero-order chi connectivity index (χ0) is 12.4. The van der Waals surface area contributed by atoms with Crippen LogP contribution in [-0.4, -0.2) is 18.2 Å². The second-order valence-electron chi connectivity index (χ2n) is 3.80. The van der Waals surface area contributed by atoms with E-state index in [0.29, 0.717) is 11.0 Å². The van der Waals surface area contributed by atoms with Gasteiger partial charge in [-0.25, -0.2) is 4.79 Å². The first-order valence-electron chi connectivity index (χ1n) is 5.67. The summed E-state index contributed by atoms with van der Waals surface area (Å²) in [7, 11) is 0. The third-order valence-electron chi connectivity index (χ3n) is 2.83. The van der Waals surface area contributed by atoms with Crippen molar-refractivity contribution in [1.82, 2.24) is 0 Å². The third-order valence-corrected chi connectivity index (χ3v) is 2.83. The van der Waals surface area contributed by atoms with E-state index in [4.69, 9.17) is 4.42 Å². The van der Waals surface area contributed by atoms with E-state index < -0.39 is 5.63 Å². The van der Waals surface area contributed by atoms with Crippen molar-refractivity contribution in [3.8, 4) is 5.75 Å².